The molecule has 1 aliphatic carbocycles. The molecule has 23 heavy (non-hydrogen) atoms. The summed E-state index contributed by atoms with van der Waals surface area (Å²) < 4.78 is 1.89. The number of hydrogen-bond acceptors (Lipinski definition) is 2. The monoisotopic (exact) mass is 311 g/mol. The number of para-hydroxylation sites is 1. The number of hydrogen-bond donors (Lipinski definition) is 2. The quantitative estimate of drug-likeness (QED) is 0.659. The van der Waals surface area contributed by atoms with Gasteiger partial charge >= 0.3 is 0 Å². The molecule has 1 heterocycles. The molecule has 0 aliphatic heterocycles. The van der Waals surface area contributed by atoms with Crippen LogP contribution in [0.3, 0.4) is 0 Å². The molecule has 0 bridgehead atoms. The summed E-state index contributed by atoms with van der Waals surface area (Å²) in [4.78, 5) is 4.67. The Morgan fingerprint density at radius 3 is 2.74 bits per heavy atom. The van der Waals surface area contributed by atoms with Gasteiger partial charge < -0.3 is 10.6 Å². The highest BCUT2D eigenvalue weighted by molar-refractivity contribution is 5.80. The van der Waals surface area contributed by atoms with Crippen LogP contribution in [-0.2, 0) is 6.54 Å². The highest BCUT2D eigenvalue weighted by Crippen LogP contribution is 2.17. The molecule has 5 nitrogen and oxygen atoms in total. The Hall–Kier alpha value is -2.30. The molecule has 0 radical (unpaired) electrons. The van der Waals surface area contributed by atoms with E-state index in [2.05, 4.69) is 27.6 Å². The van der Waals surface area contributed by atoms with Crippen molar-refractivity contribution < 1.29 is 0 Å². The van der Waals surface area contributed by atoms with Crippen molar-refractivity contribution in [2.75, 3.05) is 6.54 Å². The maximum atomic E-state index is 4.67. The molecule has 1 saturated carbocycles. The smallest absolute Gasteiger partial charge is 0.191 e. The van der Waals surface area contributed by atoms with Gasteiger partial charge in [-0.25, -0.2) is 9.67 Å². The molecule has 1 fully saturated rings. The Balaban J connectivity index is 1.63. The predicted molar refractivity (Wildman–Crippen MR) is 93.8 cm³/mol. The molecule has 0 atom stereocenters. The van der Waals surface area contributed by atoms with Gasteiger partial charge in [0.2, 0.25) is 0 Å². The molecule has 122 valence electrons. The van der Waals surface area contributed by atoms with Crippen LogP contribution in [0.1, 0.15) is 38.3 Å². The first-order valence-electron chi connectivity index (χ1n) is 8.50. The molecule has 5 heteroatoms. The van der Waals surface area contributed by atoms with Gasteiger partial charge in [0.05, 0.1) is 17.9 Å². The highest BCUT2D eigenvalue weighted by Gasteiger charge is 2.15. The second kappa shape index (κ2) is 7.81. The summed E-state index contributed by atoms with van der Waals surface area (Å²) in [5.41, 5.74) is 2.04. The van der Waals surface area contributed by atoms with Gasteiger partial charge in [-0.05, 0) is 38.0 Å². The van der Waals surface area contributed by atoms with Crippen molar-refractivity contribution in [1.29, 1.82) is 0 Å². The Bertz CT molecular complexity index is 626. The van der Waals surface area contributed by atoms with Gasteiger partial charge in [-0.2, -0.15) is 5.10 Å². The van der Waals surface area contributed by atoms with Crippen molar-refractivity contribution in [2.45, 2.75) is 45.2 Å². The molecule has 0 unspecified atom stereocenters. The fraction of sp³-hybridized carbons (Fsp3) is 0.444. The van der Waals surface area contributed by atoms with E-state index in [4.69, 9.17) is 0 Å². The largest absolute Gasteiger partial charge is 0.357 e. The summed E-state index contributed by atoms with van der Waals surface area (Å²) in [6.07, 6.45) is 7.11. The van der Waals surface area contributed by atoms with Gasteiger partial charge in [0.15, 0.2) is 5.96 Å². The second-order valence-corrected chi connectivity index (χ2v) is 5.91. The normalized spacial score (nSPS) is 15.8. The molecule has 0 saturated heterocycles. The van der Waals surface area contributed by atoms with Crippen LogP contribution in [0.4, 0.5) is 0 Å². The van der Waals surface area contributed by atoms with Gasteiger partial charge in [0.1, 0.15) is 0 Å². The minimum Gasteiger partial charge on any atom is -0.357 e. The minimum absolute atomic E-state index is 0.565. The van der Waals surface area contributed by atoms with Crippen LogP contribution >= 0.6 is 0 Å². The van der Waals surface area contributed by atoms with Crippen molar-refractivity contribution in [3.8, 4) is 5.69 Å². The third-order valence-corrected chi connectivity index (χ3v) is 4.10. The van der Waals surface area contributed by atoms with Crippen molar-refractivity contribution >= 4 is 5.96 Å². The molecule has 2 aromatic rings. The van der Waals surface area contributed by atoms with Gasteiger partial charge in [-0.1, -0.05) is 31.0 Å². The number of guanidine groups is 1. The van der Waals surface area contributed by atoms with Gasteiger partial charge in [0, 0.05) is 18.8 Å². The highest BCUT2D eigenvalue weighted by atomic mass is 15.3. The summed E-state index contributed by atoms with van der Waals surface area (Å²) in [7, 11) is 0. The Morgan fingerprint density at radius 2 is 2.00 bits per heavy atom. The van der Waals surface area contributed by atoms with Gasteiger partial charge in [-0.3, -0.25) is 0 Å². The van der Waals surface area contributed by atoms with E-state index in [1.54, 1.807) is 0 Å². The summed E-state index contributed by atoms with van der Waals surface area (Å²) in [5, 5.41) is 11.5. The zero-order chi connectivity index (χ0) is 15.9. The van der Waals surface area contributed by atoms with Crippen LogP contribution in [0.5, 0.6) is 0 Å². The molecule has 1 aromatic heterocycles. The number of nitrogens with one attached hydrogen (secondary N) is 2. The summed E-state index contributed by atoms with van der Waals surface area (Å²) in [5.74, 6) is 0.897. The zero-order valence-electron chi connectivity index (χ0n) is 13.7. The predicted octanol–water partition coefficient (Wildman–Crippen LogP) is 2.87. The average Bonchev–Trinajstić information content (AvgIpc) is 3.25. The van der Waals surface area contributed by atoms with Crippen molar-refractivity contribution in [1.82, 2.24) is 20.4 Å². The molecule has 0 amide bonds. The Labute approximate surface area is 137 Å². The van der Waals surface area contributed by atoms with E-state index in [-0.39, 0.29) is 0 Å². The fourth-order valence-corrected chi connectivity index (χ4v) is 2.91. The number of benzene rings is 1. The van der Waals surface area contributed by atoms with Crippen LogP contribution in [0.2, 0.25) is 0 Å². The molecule has 1 aromatic carbocycles. The molecule has 0 spiro atoms. The van der Waals surface area contributed by atoms with E-state index in [1.807, 2.05) is 47.3 Å². The van der Waals surface area contributed by atoms with Crippen molar-refractivity contribution in [2.24, 2.45) is 4.99 Å². The number of aromatic nitrogens is 2. The third kappa shape index (κ3) is 4.34. The summed E-state index contributed by atoms with van der Waals surface area (Å²) >= 11 is 0. The average molecular weight is 311 g/mol. The van der Waals surface area contributed by atoms with E-state index < -0.39 is 0 Å². The maximum Gasteiger partial charge on any atom is 0.191 e. The van der Waals surface area contributed by atoms with Crippen LogP contribution in [0, 0.1) is 0 Å². The van der Waals surface area contributed by atoms with Crippen LogP contribution in [0.25, 0.3) is 5.69 Å². The zero-order valence-corrected chi connectivity index (χ0v) is 13.7. The number of nitrogens with zero attached hydrogens (tertiary/aromatic N) is 3. The molecule has 1 aliphatic rings. The van der Waals surface area contributed by atoms with Crippen molar-refractivity contribution in [3.05, 3.63) is 48.3 Å². The van der Waals surface area contributed by atoms with E-state index in [0.29, 0.717) is 12.6 Å². The Kier molecular flexibility index (Phi) is 5.29. The van der Waals surface area contributed by atoms with E-state index in [1.165, 1.54) is 25.7 Å². The summed E-state index contributed by atoms with van der Waals surface area (Å²) in [6, 6.07) is 12.7. The first kappa shape index (κ1) is 15.6. The van der Waals surface area contributed by atoms with E-state index in [9.17, 15) is 0 Å². The topological polar surface area (TPSA) is 54.2 Å². The number of rotatable bonds is 5. The SMILES string of the molecule is CCNC(=NCc1ccn(-c2ccccc2)n1)NC1CCCC1. The van der Waals surface area contributed by atoms with Gasteiger partial charge in [0.25, 0.3) is 0 Å². The fourth-order valence-electron chi connectivity index (χ4n) is 2.91. The molecular formula is C18H25N5. The first-order valence-corrected chi connectivity index (χ1v) is 8.50. The second-order valence-electron chi connectivity index (χ2n) is 5.91. The van der Waals surface area contributed by atoms with Crippen molar-refractivity contribution in [3.63, 3.8) is 0 Å². The standard InChI is InChI=1S/C18H25N5/c1-2-19-18(21-15-8-6-7-9-15)20-14-16-12-13-23(22-16)17-10-4-3-5-11-17/h3-5,10-13,15H,2,6-9,14H2,1H3,(H2,19,20,21). The van der Waals surface area contributed by atoms with Gasteiger partial charge in [-0.15, -0.1) is 0 Å². The van der Waals surface area contributed by atoms with E-state index >= 15 is 0 Å². The minimum atomic E-state index is 0.565. The molecular weight excluding hydrogens is 286 g/mol. The van der Waals surface area contributed by atoms with Crippen LogP contribution in [-0.4, -0.2) is 28.3 Å². The lowest BCUT2D eigenvalue weighted by Gasteiger charge is -2.16. The number of aliphatic imine (C=N–C) groups is 1. The maximum absolute atomic E-state index is 4.67. The molecule has 2 N–H and O–H groups in total. The van der Waals surface area contributed by atoms with Crippen LogP contribution in [0.15, 0.2) is 47.6 Å². The molecule has 3 rings (SSSR count). The lowest BCUT2D eigenvalue weighted by atomic mass is 10.2. The summed E-state index contributed by atoms with van der Waals surface area (Å²) in [6.45, 7) is 3.55. The third-order valence-electron chi connectivity index (χ3n) is 4.10. The van der Waals surface area contributed by atoms with Crippen LogP contribution < -0.4 is 10.6 Å². The first-order chi connectivity index (χ1) is 11.3. The Morgan fingerprint density at radius 1 is 1.22 bits per heavy atom. The van der Waals surface area contributed by atoms with E-state index in [0.717, 1.165) is 23.9 Å². The lowest BCUT2D eigenvalue weighted by Crippen LogP contribution is -2.42. The lowest BCUT2D eigenvalue weighted by molar-refractivity contribution is 0.613.